The van der Waals surface area contributed by atoms with E-state index in [4.69, 9.17) is 0 Å². The van der Waals surface area contributed by atoms with Crippen molar-refractivity contribution in [2.24, 2.45) is 0 Å². The Morgan fingerprint density at radius 1 is 1.11 bits per heavy atom. The quantitative estimate of drug-likeness (QED) is 0.814. The minimum atomic E-state index is -3.27. The van der Waals surface area contributed by atoms with Crippen LogP contribution in [0.25, 0.3) is 0 Å². The predicted octanol–water partition coefficient (Wildman–Crippen LogP) is 2.86. The van der Waals surface area contributed by atoms with Crippen LogP contribution in [0.15, 0.2) is 48.5 Å². The van der Waals surface area contributed by atoms with Crippen LogP contribution >= 0.6 is 0 Å². The highest BCUT2D eigenvalue weighted by Gasteiger charge is 2.31. The summed E-state index contributed by atoms with van der Waals surface area (Å²) < 4.78 is 25.2. The second kappa shape index (κ2) is 7.00. The molecule has 0 bridgehead atoms. The number of carbonyl (C=O) groups is 1. The molecule has 1 amide bonds. The fraction of sp³-hybridized carbons (Fsp3) is 0.381. The van der Waals surface area contributed by atoms with Crippen molar-refractivity contribution in [1.82, 2.24) is 4.90 Å². The van der Waals surface area contributed by atoms with Gasteiger partial charge in [0.25, 0.3) is 5.91 Å². The third-order valence-electron chi connectivity index (χ3n) is 5.53. The van der Waals surface area contributed by atoms with Crippen molar-refractivity contribution in [1.29, 1.82) is 0 Å². The van der Waals surface area contributed by atoms with Gasteiger partial charge < -0.3 is 4.90 Å². The van der Waals surface area contributed by atoms with Gasteiger partial charge in [0.1, 0.15) is 0 Å². The smallest absolute Gasteiger partial charge is 0.254 e. The van der Waals surface area contributed by atoms with Crippen LogP contribution in [0.5, 0.6) is 0 Å². The first-order valence-corrected chi connectivity index (χ1v) is 11.2. The van der Waals surface area contributed by atoms with Crippen molar-refractivity contribution >= 4 is 21.6 Å². The standard InChI is InChI=1S/C21H24N2O3S/c1-27(25,26)23-13-11-17-15-18(9-10-20(17)23)21(24)22-12-5-8-19(22)14-16-6-3-2-4-7-16/h2-4,6-7,9-10,15,19H,5,8,11-14H2,1H3. The Bertz CT molecular complexity index is 957. The summed E-state index contributed by atoms with van der Waals surface area (Å²) in [5.74, 6) is 0.0500. The first kappa shape index (κ1) is 18.0. The molecule has 6 heteroatoms. The molecule has 2 aliphatic rings. The zero-order chi connectivity index (χ0) is 19.0. The molecule has 4 rings (SSSR count). The molecule has 142 valence electrons. The summed E-state index contributed by atoms with van der Waals surface area (Å²) in [6, 6.07) is 15.9. The van der Waals surface area contributed by atoms with Gasteiger partial charge in [0.05, 0.1) is 11.9 Å². The summed E-state index contributed by atoms with van der Waals surface area (Å²) in [6.45, 7) is 1.23. The van der Waals surface area contributed by atoms with Crippen LogP contribution < -0.4 is 4.31 Å². The van der Waals surface area contributed by atoms with Gasteiger partial charge in [-0.25, -0.2) is 8.42 Å². The lowest BCUT2D eigenvalue weighted by molar-refractivity contribution is 0.0736. The molecule has 0 spiro atoms. The van der Waals surface area contributed by atoms with Crippen LogP contribution in [0, 0.1) is 0 Å². The number of likely N-dealkylation sites (tertiary alicyclic amines) is 1. The molecule has 2 aromatic rings. The van der Waals surface area contributed by atoms with Crippen molar-refractivity contribution in [3.8, 4) is 0 Å². The molecular weight excluding hydrogens is 360 g/mol. The predicted molar refractivity (Wildman–Crippen MR) is 107 cm³/mol. The van der Waals surface area contributed by atoms with Gasteiger partial charge in [-0.05, 0) is 55.0 Å². The van der Waals surface area contributed by atoms with Crippen molar-refractivity contribution in [2.75, 3.05) is 23.7 Å². The summed E-state index contributed by atoms with van der Waals surface area (Å²) in [6.07, 6.45) is 4.79. The fourth-order valence-corrected chi connectivity index (χ4v) is 5.17. The molecule has 0 N–H and O–H groups in total. The third-order valence-corrected chi connectivity index (χ3v) is 6.71. The molecule has 2 heterocycles. The van der Waals surface area contributed by atoms with Gasteiger partial charge in [-0.2, -0.15) is 0 Å². The number of benzene rings is 2. The van der Waals surface area contributed by atoms with E-state index in [1.807, 2.05) is 29.2 Å². The molecular formula is C21H24N2O3S. The molecule has 1 atom stereocenters. The van der Waals surface area contributed by atoms with E-state index in [2.05, 4.69) is 12.1 Å². The van der Waals surface area contributed by atoms with Gasteiger partial charge >= 0.3 is 0 Å². The van der Waals surface area contributed by atoms with Gasteiger partial charge in [-0.1, -0.05) is 30.3 Å². The van der Waals surface area contributed by atoms with E-state index < -0.39 is 10.0 Å². The molecule has 1 fully saturated rings. The van der Waals surface area contributed by atoms with Crippen LogP contribution in [0.4, 0.5) is 5.69 Å². The van der Waals surface area contributed by atoms with E-state index in [9.17, 15) is 13.2 Å². The largest absolute Gasteiger partial charge is 0.335 e. The number of sulfonamides is 1. The average molecular weight is 385 g/mol. The lowest BCUT2D eigenvalue weighted by Crippen LogP contribution is -2.36. The number of anilines is 1. The normalized spacial score (nSPS) is 19.4. The van der Waals surface area contributed by atoms with Crippen LogP contribution in [-0.2, 0) is 22.9 Å². The van der Waals surface area contributed by atoms with E-state index in [0.717, 1.165) is 31.4 Å². The highest BCUT2D eigenvalue weighted by molar-refractivity contribution is 7.92. The van der Waals surface area contributed by atoms with Crippen molar-refractivity contribution in [2.45, 2.75) is 31.7 Å². The monoisotopic (exact) mass is 384 g/mol. The number of nitrogens with zero attached hydrogens (tertiary/aromatic N) is 2. The molecule has 2 aliphatic heterocycles. The number of fused-ring (bicyclic) bond motifs is 1. The maximum Gasteiger partial charge on any atom is 0.254 e. The van der Waals surface area contributed by atoms with Gasteiger partial charge in [-0.3, -0.25) is 9.10 Å². The molecule has 1 unspecified atom stereocenters. The summed E-state index contributed by atoms with van der Waals surface area (Å²) in [5, 5.41) is 0. The maximum atomic E-state index is 13.1. The summed E-state index contributed by atoms with van der Waals surface area (Å²) in [5.41, 5.74) is 3.55. The van der Waals surface area contributed by atoms with Crippen LogP contribution in [0.2, 0.25) is 0 Å². The number of carbonyl (C=O) groups excluding carboxylic acids is 1. The highest BCUT2D eigenvalue weighted by atomic mass is 32.2. The zero-order valence-corrected chi connectivity index (χ0v) is 16.3. The van der Waals surface area contributed by atoms with E-state index in [-0.39, 0.29) is 11.9 Å². The summed E-state index contributed by atoms with van der Waals surface area (Å²) in [7, 11) is -3.27. The molecule has 1 saturated heterocycles. The Morgan fingerprint density at radius 2 is 1.89 bits per heavy atom. The summed E-state index contributed by atoms with van der Waals surface area (Å²) >= 11 is 0. The average Bonchev–Trinajstić information content (AvgIpc) is 3.27. The van der Waals surface area contributed by atoms with Gasteiger partial charge in [0, 0.05) is 24.7 Å². The minimum Gasteiger partial charge on any atom is -0.335 e. The molecule has 5 nitrogen and oxygen atoms in total. The third kappa shape index (κ3) is 3.58. The van der Waals surface area contributed by atoms with Crippen LogP contribution in [0.3, 0.4) is 0 Å². The Hall–Kier alpha value is -2.34. The summed E-state index contributed by atoms with van der Waals surface area (Å²) in [4.78, 5) is 15.1. The Labute approximate surface area is 160 Å². The lowest BCUT2D eigenvalue weighted by atomic mass is 10.0. The number of hydrogen-bond acceptors (Lipinski definition) is 3. The van der Waals surface area contributed by atoms with Crippen LogP contribution in [-0.4, -0.2) is 44.6 Å². The second-order valence-electron chi connectivity index (χ2n) is 7.41. The Balaban J connectivity index is 1.54. The highest BCUT2D eigenvalue weighted by Crippen LogP contribution is 2.32. The second-order valence-corrected chi connectivity index (χ2v) is 9.32. The van der Waals surface area contributed by atoms with Crippen molar-refractivity contribution in [3.63, 3.8) is 0 Å². The number of amides is 1. The van der Waals surface area contributed by atoms with E-state index >= 15 is 0 Å². The topological polar surface area (TPSA) is 57.7 Å². The molecule has 0 saturated carbocycles. The molecule has 2 aromatic carbocycles. The number of rotatable bonds is 4. The maximum absolute atomic E-state index is 13.1. The van der Waals surface area contributed by atoms with Crippen LogP contribution in [0.1, 0.15) is 34.3 Å². The Morgan fingerprint density at radius 3 is 2.63 bits per heavy atom. The van der Waals surface area contributed by atoms with E-state index in [0.29, 0.717) is 24.2 Å². The minimum absolute atomic E-state index is 0.0500. The lowest BCUT2D eigenvalue weighted by Gasteiger charge is -2.25. The fourth-order valence-electron chi connectivity index (χ4n) is 4.22. The molecule has 0 aliphatic carbocycles. The van der Waals surface area contributed by atoms with Gasteiger partial charge in [0.2, 0.25) is 10.0 Å². The van der Waals surface area contributed by atoms with Gasteiger partial charge in [-0.15, -0.1) is 0 Å². The van der Waals surface area contributed by atoms with Crippen molar-refractivity contribution in [3.05, 3.63) is 65.2 Å². The SMILES string of the molecule is CS(=O)(=O)N1CCc2cc(C(=O)N3CCCC3Cc3ccccc3)ccc21. The first-order valence-electron chi connectivity index (χ1n) is 9.39. The van der Waals surface area contributed by atoms with E-state index in [1.54, 1.807) is 12.1 Å². The van der Waals surface area contributed by atoms with Gasteiger partial charge in [0.15, 0.2) is 0 Å². The molecule has 0 aromatic heterocycles. The van der Waals surface area contributed by atoms with Crippen molar-refractivity contribution < 1.29 is 13.2 Å². The Kier molecular flexibility index (Phi) is 4.68. The number of hydrogen-bond donors (Lipinski definition) is 0. The first-order chi connectivity index (χ1) is 12.9. The van der Waals surface area contributed by atoms with E-state index in [1.165, 1.54) is 16.1 Å². The molecule has 0 radical (unpaired) electrons. The zero-order valence-electron chi connectivity index (χ0n) is 15.5. The molecule has 27 heavy (non-hydrogen) atoms.